The van der Waals surface area contributed by atoms with Crippen LogP contribution in [-0.4, -0.2) is 18.4 Å². The molecule has 0 unspecified atom stereocenters. The molecule has 1 aromatic rings. The summed E-state index contributed by atoms with van der Waals surface area (Å²) in [4.78, 5) is 11.8. The van der Waals surface area contributed by atoms with Gasteiger partial charge in [0.1, 0.15) is 0 Å². The minimum atomic E-state index is 0.686. The van der Waals surface area contributed by atoms with Crippen LogP contribution in [0.3, 0.4) is 0 Å². The molecule has 60 valence electrons. The Hall–Kier alpha value is -0.350. The van der Waals surface area contributed by atoms with Crippen molar-refractivity contribution in [2.24, 2.45) is 0 Å². The second-order valence-corrected chi connectivity index (χ2v) is 4.57. The van der Waals surface area contributed by atoms with E-state index in [1.54, 1.807) is 23.3 Å². The highest BCUT2D eigenvalue weighted by atomic mass is 79.9. The molecule has 0 spiro atoms. The Labute approximate surface area is 78.0 Å². The zero-order valence-corrected chi connectivity index (χ0v) is 8.48. The van der Waals surface area contributed by atoms with Gasteiger partial charge in [0.15, 0.2) is 0 Å². The van der Waals surface area contributed by atoms with Gasteiger partial charge in [-0.05, 0) is 32.9 Å². The Morgan fingerprint density at radius 3 is 3.00 bits per heavy atom. The van der Waals surface area contributed by atoms with Gasteiger partial charge in [-0.15, -0.1) is 11.3 Å². The number of thiophene rings is 1. The van der Waals surface area contributed by atoms with E-state index in [9.17, 15) is 4.79 Å². The third kappa shape index (κ3) is 2.63. The summed E-state index contributed by atoms with van der Waals surface area (Å²) >= 11 is 4.99. The van der Waals surface area contributed by atoms with Crippen LogP contribution < -0.4 is 0 Å². The van der Waals surface area contributed by atoms with E-state index in [0.717, 1.165) is 15.8 Å². The van der Waals surface area contributed by atoms with Crippen molar-refractivity contribution in [3.8, 4) is 0 Å². The lowest BCUT2D eigenvalue weighted by atomic mass is 10.3. The molecule has 0 aliphatic rings. The Morgan fingerprint density at radius 2 is 2.55 bits per heavy atom. The van der Waals surface area contributed by atoms with Crippen molar-refractivity contribution < 1.29 is 4.79 Å². The molecular formula is C7H8BrNOS. The number of hydrogen-bond donors (Lipinski definition) is 0. The number of halogens is 1. The summed E-state index contributed by atoms with van der Waals surface area (Å²) in [5, 5.41) is 2.03. The zero-order valence-electron chi connectivity index (χ0n) is 6.08. The minimum Gasteiger partial charge on any atom is -0.344 e. The second-order valence-electron chi connectivity index (χ2n) is 2.28. The highest BCUT2D eigenvalue weighted by Gasteiger charge is 1.98. The van der Waals surface area contributed by atoms with E-state index >= 15 is 0 Å². The molecule has 0 N–H and O–H groups in total. The van der Waals surface area contributed by atoms with Gasteiger partial charge in [-0.25, -0.2) is 0 Å². The summed E-state index contributed by atoms with van der Waals surface area (Å²) in [7, 11) is 1.76. The lowest BCUT2D eigenvalue weighted by molar-refractivity contribution is -0.117. The van der Waals surface area contributed by atoms with Crippen LogP contribution in [0.4, 0.5) is 0 Å². The lowest BCUT2D eigenvalue weighted by Crippen LogP contribution is -2.14. The molecule has 11 heavy (non-hydrogen) atoms. The first-order valence-electron chi connectivity index (χ1n) is 3.11. The van der Waals surface area contributed by atoms with Crippen LogP contribution in [0.1, 0.15) is 5.56 Å². The van der Waals surface area contributed by atoms with Crippen LogP contribution in [0.2, 0.25) is 0 Å². The second kappa shape index (κ2) is 3.88. The van der Waals surface area contributed by atoms with E-state index in [2.05, 4.69) is 15.9 Å². The molecule has 0 aliphatic heterocycles. The van der Waals surface area contributed by atoms with Crippen molar-refractivity contribution in [2.45, 2.75) is 6.54 Å². The average molecular weight is 234 g/mol. The standard InChI is InChI=1S/C7H8BrNOS/c1-9(5-10)3-6-2-7(8)11-4-6/h2,4-5H,3H2,1H3. The van der Waals surface area contributed by atoms with Gasteiger partial charge in [0.05, 0.1) is 3.79 Å². The zero-order chi connectivity index (χ0) is 8.27. The third-order valence-corrected chi connectivity index (χ3v) is 2.79. The SMILES string of the molecule is CN(C=O)Cc1csc(Br)c1. The topological polar surface area (TPSA) is 20.3 Å². The predicted molar refractivity (Wildman–Crippen MR) is 49.6 cm³/mol. The van der Waals surface area contributed by atoms with Crippen LogP contribution in [0.5, 0.6) is 0 Å². The highest BCUT2D eigenvalue weighted by molar-refractivity contribution is 9.11. The first-order chi connectivity index (χ1) is 5.22. The van der Waals surface area contributed by atoms with Gasteiger partial charge in [-0.2, -0.15) is 0 Å². The lowest BCUT2D eigenvalue weighted by Gasteiger charge is -2.07. The van der Waals surface area contributed by atoms with Crippen molar-refractivity contribution >= 4 is 33.7 Å². The molecule has 1 rings (SSSR count). The number of rotatable bonds is 3. The smallest absolute Gasteiger partial charge is 0.209 e. The van der Waals surface area contributed by atoms with Crippen molar-refractivity contribution in [3.63, 3.8) is 0 Å². The quantitative estimate of drug-likeness (QED) is 0.733. The molecule has 0 atom stereocenters. The third-order valence-electron chi connectivity index (χ3n) is 1.23. The summed E-state index contributed by atoms with van der Waals surface area (Å²) < 4.78 is 1.10. The minimum absolute atomic E-state index is 0.686. The molecule has 0 fully saturated rings. The summed E-state index contributed by atoms with van der Waals surface area (Å²) in [6.07, 6.45) is 0.825. The number of hydrogen-bond acceptors (Lipinski definition) is 2. The van der Waals surface area contributed by atoms with E-state index in [0.29, 0.717) is 6.54 Å². The van der Waals surface area contributed by atoms with Crippen LogP contribution in [0, 0.1) is 0 Å². The number of carbonyl (C=O) groups is 1. The maximum Gasteiger partial charge on any atom is 0.209 e. The maximum absolute atomic E-state index is 10.2. The van der Waals surface area contributed by atoms with E-state index < -0.39 is 0 Å². The molecule has 2 nitrogen and oxygen atoms in total. The Morgan fingerprint density at radius 1 is 1.82 bits per heavy atom. The summed E-state index contributed by atoms with van der Waals surface area (Å²) in [6, 6.07) is 2.02. The Kier molecular flexibility index (Phi) is 3.08. The Balaban J connectivity index is 2.57. The molecule has 0 aromatic carbocycles. The largest absolute Gasteiger partial charge is 0.344 e. The van der Waals surface area contributed by atoms with Gasteiger partial charge in [0.25, 0.3) is 0 Å². The molecule has 1 aromatic heterocycles. The van der Waals surface area contributed by atoms with Gasteiger partial charge >= 0.3 is 0 Å². The van der Waals surface area contributed by atoms with Crippen molar-refractivity contribution in [2.75, 3.05) is 7.05 Å². The summed E-state index contributed by atoms with van der Waals surface area (Å²) in [5.74, 6) is 0. The highest BCUT2D eigenvalue weighted by Crippen LogP contribution is 2.21. The monoisotopic (exact) mass is 233 g/mol. The number of nitrogens with zero attached hydrogens (tertiary/aromatic N) is 1. The average Bonchev–Trinajstić information content (AvgIpc) is 2.35. The van der Waals surface area contributed by atoms with Crippen LogP contribution in [0.15, 0.2) is 15.2 Å². The van der Waals surface area contributed by atoms with Crippen molar-refractivity contribution in [1.29, 1.82) is 0 Å². The molecule has 0 saturated carbocycles. The Bertz CT molecular complexity index is 248. The molecule has 1 amide bonds. The van der Waals surface area contributed by atoms with Crippen LogP contribution in [0.25, 0.3) is 0 Å². The van der Waals surface area contributed by atoms with Gasteiger partial charge in [-0.1, -0.05) is 0 Å². The van der Waals surface area contributed by atoms with E-state index in [1.165, 1.54) is 0 Å². The van der Waals surface area contributed by atoms with Crippen LogP contribution >= 0.6 is 27.3 Å². The van der Waals surface area contributed by atoms with E-state index in [4.69, 9.17) is 0 Å². The molecule has 0 bridgehead atoms. The fraction of sp³-hybridized carbons (Fsp3) is 0.286. The molecular weight excluding hydrogens is 226 g/mol. The molecule has 0 saturated heterocycles. The predicted octanol–water partition coefficient (Wildman–Crippen LogP) is 2.10. The first kappa shape index (κ1) is 8.74. The van der Waals surface area contributed by atoms with Gasteiger partial charge in [0, 0.05) is 13.6 Å². The molecule has 0 aliphatic carbocycles. The van der Waals surface area contributed by atoms with Crippen molar-refractivity contribution in [3.05, 3.63) is 20.8 Å². The summed E-state index contributed by atoms with van der Waals surface area (Å²) in [5.41, 5.74) is 1.16. The van der Waals surface area contributed by atoms with Crippen molar-refractivity contribution in [1.82, 2.24) is 4.90 Å². The molecule has 0 radical (unpaired) electrons. The van der Waals surface area contributed by atoms with Gasteiger partial charge in [-0.3, -0.25) is 4.79 Å². The van der Waals surface area contributed by atoms with Gasteiger partial charge in [0.2, 0.25) is 6.41 Å². The van der Waals surface area contributed by atoms with E-state index in [-0.39, 0.29) is 0 Å². The summed E-state index contributed by atoms with van der Waals surface area (Å²) in [6.45, 7) is 0.686. The van der Waals surface area contributed by atoms with E-state index in [1.807, 2.05) is 11.4 Å². The normalized spacial score (nSPS) is 9.64. The number of carbonyl (C=O) groups excluding carboxylic acids is 1. The molecule has 1 heterocycles. The van der Waals surface area contributed by atoms with Crippen LogP contribution in [-0.2, 0) is 11.3 Å². The first-order valence-corrected chi connectivity index (χ1v) is 4.78. The maximum atomic E-state index is 10.2. The fourth-order valence-electron chi connectivity index (χ4n) is 0.754. The molecule has 4 heteroatoms. The number of amides is 1. The fourth-order valence-corrected chi connectivity index (χ4v) is 1.95. The van der Waals surface area contributed by atoms with Gasteiger partial charge < -0.3 is 4.90 Å².